The maximum Gasteiger partial charge on any atom is 0.409 e. The molecule has 5 rings (SSSR count). The topological polar surface area (TPSA) is 131 Å². The molecule has 1 aliphatic heterocycles. The van der Waals surface area contributed by atoms with E-state index in [9.17, 15) is 18.0 Å². The monoisotopic (exact) mass is 625 g/mol. The summed E-state index contributed by atoms with van der Waals surface area (Å²) in [5.74, 6) is 0.781. The number of hydrogen-bond acceptors (Lipinski definition) is 10. The highest BCUT2D eigenvalue weighted by molar-refractivity contribution is 7.89. The molecule has 3 heterocycles. The van der Waals surface area contributed by atoms with Crippen LogP contribution < -0.4 is 14.4 Å². The lowest BCUT2D eigenvalue weighted by molar-refractivity contribution is 0.0933. The zero-order valence-electron chi connectivity index (χ0n) is 23.9. The first kappa shape index (κ1) is 30.2. The first-order valence-corrected chi connectivity index (χ1v) is 15.8. The number of sulfonamides is 1. The van der Waals surface area contributed by atoms with Crippen molar-refractivity contribution in [1.82, 2.24) is 19.2 Å². The molecule has 1 aliphatic rings. The number of fused-ring (bicyclic) bond motifs is 1. The number of carbonyl (C=O) groups is 2. The molecule has 0 bridgehead atoms. The van der Waals surface area contributed by atoms with Gasteiger partial charge in [0.1, 0.15) is 21.7 Å². The first-order chi connectivity index (χ1) is 20.8. The number of pyridine rings is 1. The predicted octanol–water partition coefficient (Wildman–Crippen LogP) is 4.02. The van der Waals surface area contributed by atoms with Gasteiger partial charge in [0.2, 0.25) is 10.0 Å². The molecular formula is C29H31N5O7S2. The summed E-state index contributed by atoms with van der Waals surface area (Å²) in [6.45, 7) is 2.91. The Bertz CT molecular complexity index is 1660. The number of nitrogens with zero attached hydrogens (tertiary/aromatic N) is 5. The summed E-state index contributed by atoms with van der Waals surface area (Å²) in [5.41, 5.74) is 1.64. The van der Waals surface area contributed by atoms with Crippen LogP contribution in [0.15, 0.2) is 65.8 Å². The fraction of sp³-hybridized carbons (Fsp3) is 0.310. The number of anilines is 1. The SMILES string of the molecule is CCOC(=O)N1CCN(S(=O)(=O)c2ccc(C(=O)N(Cc3cccnc3)c3nc4c(OC)ccc(OC)c4s3)cc2)CC1. The Morgan fingerprint density at radius 1 is 0.977 bits per heavy atom. The quantitative estimate of drug-likeness (QED) is 0.271. The van der Waals surface area contributed by atoms with E-state index in [0.29, 0.717) is 22.1 Å². The van der Waals surface area contributed by atoms with Crippen LogP contribution in [-0.4, -0.2) is 86.6 Å². The van der Waals surface area contributed by atoms with E-state index >= 15 is 0 Å². The smallest absolute Gasteiger partial charge is 0.409 e. The third-order valence-electron chi connectivity index (χ3n) is 6.94. The minimum atomic E-state index is -3.84. The van der Waals surface area contributed by atoms with Crippen LogP contribution in [-0.2, 0) is 21.3 Å². The zero-order chi connectivity index (χ0) is 30.6. The highest BCUT2D eigenvalue weighted by atomic mass is 32.2. The van der Waals surface area contributed by atoms with E-state index in [1.165, 1.54) is 49.7 Å². The van der Waals surface area contributed by atoms with E-state index in [1.54, 1.807) is 51.7 Å². The van der Waals surface area contributed by atoms with Gasteiger partial charge in [-0.2, -0.15) is 4.31 Å². The van der Waals surface area contributed by atoms with Crippen molar-refractivity contribution in [3.05, 3.63) is 72.1 Å². The number of carbonyl (C=O) groups excluding carboxylic acids is 2. The average Bonchev–Trinajstić information content (AvgIpc) is 3.49. The number of piperazine rings is 1. The lowest BCUT2D eigenvalue weighted by Gasteiger charge is -2.33. The fourth-order valence-corrected chi connectivity index (χ4v) is 7.18. The van der Waals surface area contributed by atoms with Gasteiger partial charge in [-0.1, -0.05) is 17.4 Å². The molecule has 12 nitrogen and oxygen atoms in total. The second kappa shape index (κ2) is 12.9. The number of ether oxygens (including phenoxy) is 3. The van der Waals surface area contributed by atoms with Crippen molar-refractivity contribution in [2.24, 2.45) is 0 Å². The van der Waals surface area contributed by atoms with Crippen molar-refractivity contribution in [2.45, 2.75) is 18.4 Å². The number of rotatable bonds is 9. The third kappa shape index (κ3) is 6.26. The van der Waals surface area contributed by atoms with Gasteiger partial charge in [0.15, 0.2) is 5.13 Å². The maximum atomic E-state index is 14.0. The van der Waals surface area contributed by atoms with Crippen molar-refractivity contribution in [2.75, 3.05) is 51.9 Å². The number of hydrogen-bond donors (Lipinski definition) is 0. The molecule has 0 N–H and O–H groups in total. The van der Waals surface area contributed by atoms with E-state index in [-0.39, 0.29) is 55.7 Å². The molecule has 1 saturated heterocycles. The van der Waals surface area contributed by atoms with E-state index in [4.69, 9.17) is 19.2 Å². The van der Waals surface area contributed by atoms with Gasteiger partial charge in [-0.25, -0.2) is 18.2 Å². The fourth-order valence-electron chi connectivity index (χ4n) is 4.69. The van der Waals surface area contributed by atoms with Gasteiger partial charge in [-0.3, -0.25) is 14.7 Å². The van der Waals surface area contributed by atoms with Crippen LogP contribution in [0.1, 0.15) is 22.8 Å². The van der Waals surface area contributed by atoms with Crippen molar-refractivity contribution in [3.8, 4) is 11.5 Å². The largest absolute Gasteiger partial charge is 0.495 e. The van der Waals surface area contributed by atoms with Crippen LogP contribution in [0.2, 0.25) is 0 Å². The Labute approximate surface area is 253 Å². The number of thiazole rings is 1. The Morgan fingerprint density at radius 3 is 2.30 bits per heavy atom. The average molecular weight is 626 g/mol. The summed E-state index contributed by atoms with van der Waals surface area (Å²) in [4.78, 5) is 37.9. The summed E-state index contributed by atoms with van der Waals surface area (Å²) in [7, 11) is -0.721. The van der Waals surface area contributed by atoms with E-state index < -0.39 is 16.1 Å². The summed E-state index contributed by atoms with van der Waals surface area (Å²) >= 11 is 1.29. The summed E-state index contributed by atoms with van der Waals surface area (Å²) in [6, 6.07) is 13.0. The van der Waals surface area contributed by atoms with Gasteiger partial charge in [-0.05, 0) is 55.0 Å². The normalized spacial score (nSPS) is 14.0. The lowest BCUT2D eigenvalue weighted by atomic mass is 10.2. The molecule has 0 atom stereocenters. The van der Waals surface area contributed by atoms with Crippen molar-refractivity contribution in [1.29, 1.82) is 0 Å². The molecule has 0 spiro atoms. The molecule has 2 aromatic heterocycles. The highest BCUT2D eigenvalue weighted by Gasteiger charge is 2.31. The second-order valence-electron chi connectivity index (χ2n) is 9.51. The molecule has 43 heavy (non-hydrogen) atoms. The number of aromatic nitrogens is 2. The van der Waals surface area contributed by atoms with Crippen LogP contribution >= 0.6 is 11.3 Å². The van der Waals surface area contributed by atoms with E-state index in [2.05, 4.69) is 4.98 Å². The van der Waals surface area contributed by atoms with Crippen molar-refractivity contribution in [3.63, 3.8) is 0 Å². The summed E-state index contributed by atoms with van der Waals surface area (Å²) in [5, 5.41) is 0.419. The third-order valence-corrected chi connectivity index (χ3v) is 9.95. The Hall–Kier alpha value is -4.27. The molecule has 0 unspecified atom stereocenters. The van der Waals surface area contributed by atoms with Crippen LogP contribution in [0.4, 0.5) is 9.93 Å². The van der Waals surface area contributed by atoms with Gasteiger partial charge < -0.3 is 19.1 Å². The standard InChI is InChI=1S/C29H31N5O7S2/c1-4-41-29(36)32-14-16-33(17-15-32)43(37,38)22-9-7-21(8-10-22)27(35)34(19-20-6-5-13-30-18-20)28-31-25-23(39-2)11-12-24(40-3)26(25)42-28/h5-13,18H,4,14-17,19H2,1-3H3. The maximum absolute atomic E-state index is 14.0. The second-order valence-corrected chi connectivity index (χ2v) is 12.4. The van der Waals surface area contributed by atoms with E-state index in [1.807, 2.05) is 6.07 Å². The van der Waals surface area contributed by atoms with Crippen LogP contribution in [0.3, 0.4) is 0 Å². The Balaban J connectivity index is 1.42. The summed E-state index contributed by atoms with van der Waals surface area (Å²) < 4.78 is 44.8. The van der Waals surface area contributed by atoms with Crippen LogP contribution in [0, 0.1) is 0 Å². The van der Waals surface area contributed by atoms with E-state index in [0.717, 1.165) is 10.3 Å². The molecule has 0 aliphatic carbocycles. The minimum absolute atomic E-state index is 0.0573. The van der Waals surface area contributed by atoms with Crippen molar-refractivity contribution >= 4 is 48.7 Å². The number of benzene rings is 2. The Kier molecular flexibility index (Phi) is 9.08. The Morgan fingerprint density at radius 2 is 1.67 bits per heavy atom. The lowest BCUT2D eigenvalue weighted by Crippen LogP contribution is -2.50. The number of methoxy groups -OCH3 is 2. The molecule has 0 radical (unpaired) electrons. The molecule has 2 aromatic carbocycles. The number of amides is 2. The molecular weight excluding hydrogens is 594 g/mol. The predicted molar refractivity (Wildman–Crippen MR) is 161 cm³/mol. The summed E-state index contributed by atoms with van der Waals surface area (Å²) in [6.07, 6.45) is 2.87. The van der Waals surface area contributed by atoms with Gasteiger partial charge in [0, 0.05) is 44.1 Å². The van der Waals surface area contributed by atoms with Gasteiger partial charge in [0.05, 0.1) is 32.3 Å². The van der Waals surface area contributed by atoms with Crippen LogP contribution in [0.5, 0.6) is 11.5 Å². The van der Waals surface area contributed by atoms with Crippen LogP contribution in [0.25, 0.3) is 10.2 Å². The molecule has 4 aromatic rings. The molecule has 1 fully saturated rings. The van der Waals surface area contributed by atoms with Gasteiger partial charge in [0.25, 0.3) is 5.91 Å². The molecule has 0 saturated carbocycles. The molecule has 14 heteroatoms. The zero-order valence-corrected chi connectivity index (χ0v) is 25.6. The minimum Gasteiger partial charge on any atom is -0.495 e. The molecule has 2 amide bonds. The molecule has 226 valence electrons. The van der Waals surface area contributed by atoms with Gasteiger partial charge in [-0.15, -0.1) is 0 Å². The van der Waals surface area contributed by atoms with Crippen molar-refractivity contribution < 1.29 is 32.2 Å². The van der Waals surface area contributed by atoms with Gasteiger partial charge >= 0.3 is 6.09 Å². The first-order valence-electron chi connectivity index (χ1n) is 13.5. The highest BCUT2D eigenvalue weighted by Crippen LogP contribution is 2.40.